The summed E-state index contributed by atoms with van der Waals surface area (Å²) >= 11 is 1.52. The van der Waals surface area contributed by atoms with Gasteiger partial charge in [0.25, 0.3) is 0 Å². The highest BCUT2D eigenvalue weighted by Crippen LogP contribution is 2.28. The predicted octanol–water partition coefficient (Wildman–Crippen LogP) is 1.97. The number of aryl methyl sites for hydroxylation is 1. The standard InChI is InChI=1S/C12H20N2O2S2/c1-5-7-14(6-2)18(15,16)12-8-11(9-13-4)17-10(12)3/h5,8,13H,1,6-7,9H2,2-4H3. The van der Waals surface area contributed by atoms with Crippen LogP contribution in [0.25, 0.3) is 0 Å². The average molecular weight is 288 g/mol. The zero-order chi connectivity index (χ0) is 13.8. The molecule has 0 unspecified atom stereocenters. The van der Waals surface area contributed by atoms with Crippen LogP contribution in [0.3, 0.4) is 0 Å². The molecular formula is C12H20N2O2S2. The monoisotopic (exact) mass is 288 g/mol. The van der Waals surface area contributed by atoms with Crippen LogP contribution in [0.2, 0.25) is 0 Å². The topological polar surface area (TPSA) is 49.4 Å². The number of sulfonamides is 1. The first-order valence-corrected chi connectivity index (χ1v) is 8.08. The van der Waals surface area contributed by atoms with Crippen LogP contribution in [-0.4, -0.2) is 32.9 Å². The van der Waals surface area contributed by atoms with Crippen molar-refractivity contribution in [2.75, 3.05) is 20.1 Å². The highest BCUT2D eigenvalue weighted by Gasteiger charge is 2.25. The van der Waals surface area contributed by atoms with Gasteiger partial charge in [0.05, 0.1) is 4.90 Å². The van der Waals surface area contributed by atoms with Crippen LogP contribution in [0.1, 0.15) is 16.7 Å². The molecule has 0 bridgehead atoms. The Morgan fingerprint density at radius 1 is 1.56 bits per heavy atom. The average Bonchev–Trinajstić information content (AvgIpc) is 2.68. The first-order valence-electron chi connectivity index (χ1n) is 5.82. The van der Waals surface area contributed by atoms with E-state index in [4.69, 9.17) is 0 Å². The van der Waals surface area contributed by atoms with Gasteiger partial charge in [-0.3, -0.25) is 0 Å². The van der Waals surface area contributed by atoms with Gasteiger partial charge in [-0.05, 0) is 20.0 Å². The summed E-state index contributed by atoms with van der Waals surface area (Å²) in [6, 6.07) is 1.76. The molecule has 1 heterocycles. The maximum absolute atomic E-state index is 12.5. The summed E-state index contributed by atoms with van der Waals surface area (Å²) in [5.74, 6) is 0. The van der Waals surface area contributed by atoms with Crippen molar-refractivity contribution in [3.63, 3.8) is 0 Å². The van der Waals surface area contributed by atoms with Gasteiger partial charge in [-0.15, -0.1) is 17.9 Å². The molecule has 1 aromatic heterocycles. The van der Waals surface area contributed by atoms with Crippen LogP contribution in [0, 0.1) is 6.92 Å². The van der Waals surface area contributed by atoms with Gasteiger partial charge in [0, 0.05) is 29.4 Å². The van der Waals surface area contributed by atoms with Crippen molar-refractivity contribution in [2.24, 2.45) is 0 Å². The molecule has 0 aliphatic heterocycles. The molecule has 4 nitrogen and oxygen atoms in total. The molecule has 0 aliphatic rings. The van der Waals surface area contributed by atoms with Crippen molar-refractivity contribution in [3.05, 3.63) is 28.5 Å². The van der Waals surface area contributed by atoms with E-state index in [2.05, 4.69) is 11.9 Å². The van der Waals surface area contributed by atoms with E-state index in [-0.39, 0.29) is 0 Å². The number of rotatable bonds is 7. The zero-order valence-electron chi connectivity index (χ0n) is 11.1. The number of hydrogen-bond acceptors (Lipinski definition) is 4. The Kier molecular flexibility index (Phi) is 5.52. The molecule has 0 saturated carbocycles. The maximum atomic E-state index is 12.5. The van der Waals surface area contributed by atoms with Crippen LogP contribution in [-0.2, 0) is 16.6 Å². The lowest BCUT2D eigenvalue weighted by molar-refractivity contribution is 0.459. The first kappa shape index (κ1) is 15.4. The lowest BCUT2D eigenvalue weighted by atomic mass is 10.4. The predicted molar refractivity (Wildman–Crippen MR) is 76.4 cm³/mol. The fourth-order valence-electron chi connectivity index (χ4n) is 1.72. The molecule has 6 heteroatoms. The molecule has 0 aromatic carbocycles. The van der Waals surface area contributed by atoms with Gasteiger partial charge >= 0.3 is 0 Å². The molecule has 18 heavy (non-hydrogen) atoms. The third kappa shape index (κ3) is 3.20. The number of likely N-dealkylation sites (N-methyl/N-ethyl adjacent to an activating group) is 1. The van der Waals surface area contributed by atoms with Gasteiger partial charge < -0.3 is 5.32 Å². The van der Waals surface area contributed by atoms with E-state index in [1.165, 1.54) is 15.6 Å². The second kappa shape index (κ2) is 6.47. The molecule has 0 fully saturated rings. The van der Waals surface area contributed by atoms with E-state index in [0.717, 1.165) is 9.75 Å². The number of nitrogens with one attached hydrogen (secondary N) is 1. The fraction of sp³-hybridized carbons (Fsp3) is 0.500. The Labute approximate surface area is 113 Å². The molecule has 102 valence electrons. The highest BCUT2D eigenvalue weighted by molar-refractivity contribution is 7.89. The lowest BCUT2D eigenvalue weighted by Gasteiger charge is -2.18. The van der Waals surface area contributed by atoms with E-state index < -0.39 is 10.0 Å². The van der Waals surface area contributed by atoms with Crippen molar-refractivity contribution in [3.8, 4) is 0 Å². The molecular weight excluding hydrogens is 268 g/mol. The zero-order valence-corrected chi connectivity index (χ0v) is 12.7. The molecule has 0 amide bonds. The van der Waals surface area contributed by atoms with Gasteiger partial charge in [-0.25, -0.2) is 8.42 Å². The molecule has 0 spiro atoms. The van der Waals surface area contributed by atoms with Crippen LogP contribution in [0.4, 0.5) is 0 Å². The quantitative estimate of drug-likeness (QED) is 0.780. The van der Waals surface area contributed by atoms with Crippen molar-refractivity contribution >= 4 is 21.4 Å². The first-order chi connectivity index (χ1) is 8.47. The van der Waals surface area contributed by atoms with E-state index in [0.29, 0.717) is 24.5 Å². The molecule has 1 rings (SSSR count). The summed E-state index contributed by atoms with van der Waals surface area (Å²) in [4.78, 5) is 2.28. The summed E-state index contributed by atoms with van der Waals surface area (Å²) in [7, 11) is -1.55. The fourth-order valence-corrected chi connectivity index (χ4v) is 4.76. The van der Waals surface area contributed by atoms with Crippen LogP contribution in [0.5, 0.6) is 0 Å². The Morgan fingerprint density at radius 3 is 2.72 bits per heavy atom. The minimum atomic E-state index is -3.40. The smallest absolute Gasteiger partial charge is 0.244 e. The van der Waals surface area contributed by atoms with Gasteiger partial charge in [0.15, 0.2) is 0 Å². The lowest BCUT2D eigenvalue weighted by Crippen LogP contribution is -2.31. The molecule has 0 atom stereocenters. The van der Waals surface area contributed by atoms with E-state index >= 15 is 0 Å². The number of hydrogen-bond donors (Lipinski definition) is 1. The van der Waals surface area contributed by atoms with Gasteiger partial charge in [-0.2, -0.15) is 4.31 Å². The molecule has 0 aliphatic carbocycles. The Hall–Kier alpha value is -0.690. The summed E-state index contributed by atoms with van der Waals surface area (Å²) in [5.41, 5.74) is 0. The number of thiophene rings is 1. The van der Waals surface area contributed by atoms with Crippen molar-refractivity contribution in [1.29, 1.82) is 0 Å². The van der Waals surface area contributed by atoms with E-state index in [1.54, 1.807) is 12.1 Å². The summed E-state index contributed by atoms with van der Waals surface area (Å²) in [6.07, 6.45) is 1.61. The largest absolute Gasteiger partial charge is 0.315 e. The third-order valence-electron chi connectivity index (χ3n) is 2.58. The second-order valence-corrected chi connectivity index (χ2v) is 7.16. The van der Waals surface area contributed by atoms with Crippen molar-refractivity contribution in [1.82, 2.24) is 9.62 Å². The summed E-state index contributed by atoms with van der Waals surface area (Å²) in [5, 5.41) is 3.03. The minimum absolute atomic E-state index is 0.343. The Balaban J connectivity index is 3.14. The SMILES string of the molecule is C=CCN(CC)S(=O)(=O)c1cc(CNC)sc1C. The van der Waals surface area contributed by atoms with Crippen molar-refractivity contribution < 1.29 is 8.42 Å². The second-order valence-electron chi connectivity index (χ2n) is 3.91. The Bertz CT molecular complexity index is 506. The van der Waals surface area contributed by atoms with Gasteiger partial charge in [0.2, 0.25) is 10.0 Å². The molecule has 0 saturated heterocycles. The minimum Gasteiger partial charge on any atom is -0.315 e. The van der Waals surface area contributed by atoms with Crippen molar-refractivity contribution in [2.45, 2.75) is 25.3 Å². The van der Waals surface area contributed by atoms with Crippen LogP contribution in [0.15, 0.2) is 23.6 Å². The Morgan fingerprint density at radius 2 is 2.22 bits per heavy atom. The van der Waals surface area contributed by atoms with Crippen LogP contribution < -0.4 is 5.32 Å². The summed E-state index contributed by atoms with van der Waals surface area (Å²) < 4.78 is 26.3. The van der Waals surface area contributed by atoms with Crippen LogP contribution >= 0.6 is 11.3 Å². The molecule has 1 N–H and O–H groups in total. The van der Waals surface area contributed by atoms with E-state index in [1.807, 2.05) is 20.9 Å². The van der Waals surface area contributed by atoms with Gasteiger partial charge in [0.1, 0.15) is 0 Å². The van der Waals surface area contributed by atoms with E-state index in [9.17, 15) is 8.42 Å². The highest BCUT2D eigenvalue weighted by atomic mass is 32.2. The molecule has 1 aromatic rings. The summed E-state index contributed by atoms with van der Waals surface area (Å²) in [6.45, 7) is 8.76. The third-order valence-corrected chi connectivity index (χ3v) is 5.82. The molecule has 0 radical (unpaired) electrons. The van der Waals surface area contributed by atoms with Gasteiger partial charge in [-0.1, -0.05) is 13.0 Å². The maximum Gasteiger partial charge on any atom is 0.244 e. The normalized spacial score (nSPS) is 12.0. The number of nitrogens with zero attached hydrogens (tertiary/aromatic N) is 1.